The lowest BCUT2D eigenvalue weighted by Gasteiger charge is -2.29. The van der Waals surface area contributed by atoms with Crippen LogP contribution >= 0.6 is 11.6 Å². The van der Waals surface area contributed by atoms with Gasteiger partial charge in [0.05, 0.1) is 19.6 Å². The van der Waals surface area contributed by atoms with E-state index in [-0.39, 0.29) is 5.91 Å². The molecule has 5 rings (SSSR count). The van der Waals surface area contributed by atoms with Gasteiger partial charge in [0, 0.05) is 53.1 Å². The fourth-order valence-corrected chi connectivity index (χ4v) is 4.37. The van der Waals surface area contributed by atoms with E-state index in [2.05, 4.69) is 28.1 Å². The van der Waals surface area contributed by atoms with Crippen LogP contribution in [0.5, 0.6) is 0 Å². The lowest BCUT2D eigenvalue weighted by Crippen LogP contribution is -2.36. The lowest BCUT2D eigenvalue weighted by atomic mass is 10.1. The molecule has 0 radical (unpaired) electrons. The van der Waals surface area contributed by atoms with E-state index < -0.39 is 0 Å². The van der Waals surface area contributed by atoms with Crippen LogP contribution in [-0.2, 0) is 22.4 Å². The van der Waals surface area contributed by atoms with Crippen molar-refractivity contribution in [1.29, 1.82) is 0 Å². The van der Waals surface area contributed by atoms with Crippen molar-refractivity contribution in [2.45, 2.75) is 12.8 Å². The Morgan fingerprint density at radius 1 is 1.11 bits per heavy atom. The first-order chi connectivity index (χ1) is 13.7. The molecule has 144 valence electrons. The van der Waals surface area contributed by atoms with Crippen LogP contribution in [0.3, 0.4) is 0 Å². The lowest BCUT2D eigenvalue weighted by molar-refractivity contribution is -0.117. The van der Waals surface area contributed by atoms with E-state index in [1.807, 2.05) is 29.3 Å². The highest BCUT2D eigenvalue weighted by atomic mass is 35.5. The molecule has 2 aliphatic heterocycles. The first-order valence-electron chi connectivity index (χ1n) is 9.70. The number of fused-ring (bicyclic) bond motifs is 2. The van der Waals surface area contributed by atoms with E-state index in [1.165, 1.54) is 11.3 Å². The number of H-pyrrole nitrogens is 1. The van der Waals surface area contributed by atoms with Crippen molar-refractivity contribution < 1.29 is 9.53 Å². The number of carbonyl (C=O) groups excluding carboxylic acids is 1. The number of rotatable bonds is 3. The Morgan fingerprint density at radius 3 is 2.82 bits per heavy atom. The van der Waals surface area contributed by atoms with Gasteiger partial charge in [-0.05, 0) is 47.9 Å². The number of carbonyl (C=O) groups is 1. The van der Waals surface area contributed by atoms with Crippen LogP contribution in [0.15, 0.2) is 42.6 Å². The van der Waals surface area contributed by atoms with Crippen LogP contribution < -0.4 is 9.80 Å². The third-order valence-corrected chi connectivity index (χ3v) is 5.95. The Hall–Kier alpha value is -2.50. The monoisotopic (exact) mass is 395 g/mol. The maximum absolute atomic E-state index is 13.1. The fraction of sp³-hybridized carbons (Fsp3) is 0.318. The number of amides is 1. The average molecular weight is 396 g/mol. The number of nitrogens with one attached hydrogen (secondary N) is 1. The second kappa shape index (κ2) is 7.15. The van der Waals surface area contributed by atoms with Crippen LogP contribution in [0.4, 0.5) is 11.4 Å². The van der Waals surface area contributed by atoms with Crippen molar-refractivity contribution in [3.05, 3.63) is 58.7 Å². The van der Waals surface area contributed by atoms with Crippen LogP contribution in [0, 0.1) is 0 Å². The number of anilines is 2. The summed E-state index contributed by atoms with van der Waals surface area (Å²) in [5.74, 6) is 0.124. The van der Waals surface area contributed by atoms with E-state index in [1.54, 1.807) is 0 Å². The molecule has 1 aromatic heterocycles. The van der Waals surface area contributed by atoms with Crippen molar-refractivity contribution in [2.24, 2.45) is 0 Å². The van der Waals surface area contributed by atoms with Gasteiger partial charge >= 0.3 is 0 Å². The smallest absolute Gasteiger partial charge is 0.231 e. The van der Waals surface area contributed by atoms with Crippen molar-refractivity contribution in [3.63, 3.8) is 0 Å². The summed E-state index contributed by atoms with van der Waals surface area (Å²) < 4.78 is 5.46. The second-order valence-electron chi connectivity index (χ2n) is 7.39. The Labute approximate surface area is 168 Å². The SMILES string of the molecule is O=C(Cc1c[nH]c2ccc(Cl)cc12)N1CCc2ccc(N3CCOCC3)cc21. The molecular weight excluding hydrogens is 374 g/mol. The normalized spacial score (nSPS) is 16.6. The third kappa shape index (κ3) is 3.15. The molecule has 0 spiro atoms. The number of morpholine rings is 1. The Morgan fingerprint density at radius 2 is 1.96 bits per heavy atom. The topological polar surface area (TPSA) is 48.6 Å². The van der Waals surface area contributed by atoms with Gasteiger partial charge in [0.25, 0.3) is 0 Å². The third-order valence-electron chi connectivity index (χ3n) is 5.71. The molecule has 2 aliphatic rings. The van der Waals surface area contributed by atoms with E-state index in [0.29, 0.717) is 11.4 Å². The minimum Gasteiger partial charge on any atom is -0.378 e. The maximum atomic E-state index is 13.1. The number of aromatic nitrogens is 1. The summed E-state index contributed by atoms with van der Waals surface area (Å²) in [5, 5.41) is 1.70. The standard InChI is InChI=1S/C22H22ClN3O2/c23-17-2-4-20-19(12-17)16(14-24-20)11-22(27)26-6-5-15-1-3-18(13-21(15)26)25-7-9-28-10-8-25/h1-4,12-14,24H,5-11H2. The van der Waals surface area contributed by atoms with Crippen LogP contribution in [0.25, 0.3) is 10.9 Å². The van der Waals surface area contributed by atoms with Gasteiger partial charge in [-0.25, -0.2) is 0 Å². The predicted octanol–water partition coefficient (Wildman–Crippen LogP) is 3.79. The number of hydrogen-bond donors (Lipinski definition) is 1. The van der Waals surface area contributed by atoms with Gasteiger partial charge in [-0.1, -0.05) is 17.7 Å². The molecule has 5 nitrogen and oxygen atoms in total. The van der Waals surface area contributed by atoms with Gasteiger partial charge in [0.15, 0.2) is 0 Å². The molecule has 0 atom stereocenters. The van der Waals surface area contributed by atoms with Crippen molar-refractivity contribution >= 4 is 39.8 Å². The van der Waals surface area contributed by atoms with E-state index >= 15 is 0 Å². The first kappa shape index (κ1) is 17.6. The number of nitrogens with zero attached hydrogens (tertiary/aromatic N) is 2. The Kier molecular flexibility index (Phi) is 4.49. The highest BCUT2D eigenvalue weighted by molar-refractivity contribution is 6.31. The number of halogens is 1. The van der Waals surface area contributed by atoms with E-state index in [4.69, 9.17) is 16.3 Å². The second-order valence-corrected chi connectivity index (χ2v) is 7.82. The predicted molar refractivity (Wildman–Crippen MR) is 113 cm³/mol. The summed E-state index contributed by atoms with van der Waals surface area (Å²) in [4.78, 5) is 20.6. The highest BCUT2D eigenvalue weighted by Crippen LogP contribution is 2.33. The molecule has 2 aromatic carbocycles. The summed E-state index contributed by atoms with van der Waals surface area (Å²) in [6.45, 7) is 4.03. The van der Waals surface area contributed by atoms with Gasteiger partial charge < -0.3 is 19.5 Å². The largest absolute Gasteiger partial charge is 0.378 e. The quantitative estimate of drug-likeness (QED) is 0.734. The molecule has 1 N–H and O–H groups in total. The highest BCUT2D eigenvalue weighted by Gasteiger charge is 2.26. The van der Waals surface area contributed by atoms with Gasteiger partial charge in [-0.15, -0.1) is 0 Å². The number of ether oxygens (including phenoxy) is 1. The molecule has 0 unspecified atom stereocenters. The molecule has 0 saturated carbocycles. The summed E-state index contributed by atoms with van der Waals surface area (Å²) >= 11 is 6.15. The first-order valence-corrected chi connectivity index (χ1v) is 10.1. The van der Waals surface area contributed by atoms with Gasteiger partial charge in [0.1, 0.15) is 0 Å². The average Bonchev–Trinajstić information content (AvgIpc) is 3.32. The molecule has 1 fully saturated rings. The number of benzene rings is 2. The summed E-state index contributed by atoms with van der Waals surface area (Å²) in [5.41, 5.74) is 5.45. The summed E-state index contributed by atoms with van der Waals surface area (Å²) in [7, 11) is 0. The summed E-state index contributed by atoms with van der Waals surface area (Å²) in [6.07, 6.45) is 3.19. The van der Waals surface area contributed by atoms with Gasteiger partial charge in [0.2, 0.25) is 5.91 Å². The zero-order valence-corrected chi connectivity index (χ0v) is 16.3. The van der Waals surface area contributed by atoms with Gasteiger partial charge in [-0.2, -0.15) is 0 Å². The molecule has 1 amide bonds. The molecule has 6 heteroatoms. The van der Waals surface area contributed by atoms with Crippen LogP contribution in [0.1, 0.15) is 11.1 Å². The molecule has 0 bridgehead atoms. The number of hydrogen-bond acceptors (Lipinski definition) is 3. The minimum absolute atomic E-state index is 0.124. The van der Waals surface area contributed by atoms with Crippen molar-refractivity contribution in [3.8, 4) is 0 Å². The molecule has 1 saturated heterocycles. The van der Waals surface area contributed by atoms with E-state index in [9.17, 15) is 4.79 Å². The minimum atomic E-state index is 0.124. The molecular formula is C22H22ClN3O2. The zero-order valence-electron chi connectivity index (χ0n) is 15.6. The maximum Gasteiger partial charge on any atom is 0.231 e. The molecule has 0 aliphatic carbocycles. The Bertz CT molecular complexity index is 1040. The summed E-state index contributed by atoms with van der Waals surface area (Å²) in [6, 6.07) is 12.2. The van der Waals surface area contributed by atoms with E-state index in [0.717, 1.165) is 61.4 Å². The molecule has 3 heterocycles. The molecule has 28 heavy (non-hydrogen) atoms. The zero-order chi connectivity index (χ0) is 19.1. The van der Waals surface area contributed by atoms with Crippen LogP contribution in [0.2, 0.25) is 5.02 Å². The molecule has 3 aromatic rings. The van der Waals surface area contributed by atoms with Gasteiger partial charge in [-0.3, -0.25) is 4.79 Å². The Balaban J connectivity index is 1.40. The van der Waals surface area contributed by atoms with Crippen molar-refractivity contribution in [2.75, 3.05) is 42.6 Å². The van der Waals surface area contributed by atoms with Crippen molar-refractivity contribution in [1.82, 2.24) is 4.98 Å². The number of aromatic amines is 1. The fourth-order valence-electron chi connectivity index (χ4n) is 4.20. The van der Waals surface area contributed by atoms with Crippen LogP contribution in [-0.4, -0.2) is 43.7 Å².